The summed E-state index contributed by atoms with van der Waals surface area (Å²) >= 11 is 5.98. The Bertz CT molecular complexity index is 400. The first-order valence-electron chi connectivity index (χ1n) is 5.74. The highest BCUT2D eigenvalue weighted by Crippen LogP contribution is 2.28. The Morgan fingerprint density at radius 1 is 1.29 bits per heavy atom. The van der Waals surface area contributed by atoms with E-state index < -0.39 is 0 Å². The fraction of sp³-hybridized carbons (Fsp3) is 0.385. The van der Waals surface area contributed by atoms with Crippen LogP contribution in [0.25, 0.3) is 0 Å². The quantitative estimate of drug-likeness (QED) is 0.766. The molecule has 0 saturated carbocycles. The topological polar surface area (TPSA) is 6.48 Å². The van der Waals surface area contributed by atoms with Crippen LogP contribution in [-0.4, -0.2) is 37.6 Å². The second kappa shape index (κ2) is 5.52. The minimum absolute atomic E-state index is 0.227. The number of halogens is 2. The second-order valence-corrected chi connectivity index (χ2v) is 4.53. The SMILES string of the molecule is C=CCN1CCN(c2cccc(F)c2Cl)CC1. The number of anilines is 1. The molecule has 0 unspecified atom stereocenters. The fourth-order valence-electron chi connectivity index (χ4n) is 2.09. The van der Waals surface area contributed by atoms with E-state index in [9.17, 15) is 4.39 Å². The highest BCUT2D eigenvalue weighted by atomic mass is 35.5. The van der Waals surface area contributed by atoms with Crippen molar-refractivity contribution in [1.29, 1.82) is 0 Å². The van der Waals surface area contributed by atoms with Gasteiger partial charge in [0.25, 0.3) is 0 Å². The Labute approximate surface area is 106 Å². The van der Waals surface area contributed by atoms with Crippen molar-refractivity contribution in [3.8, 4) is 0 Å². The maximum absolute atomic E-state index is 13.3. The molecule has 0 radical (unpaired) electrons. The lowest BCUT2D eigenvalue weighted by molar-refractivity contribution is 0.284. The minimum atomic E-state index is -0.349. The molecule has 0 N–H and O–H groups in total. The van der Waals surface area contributed by atoms with Gasteiger partial charge >= 0.3 is 0 Å². The first-order chi connectivity index (χ1) is 8.22. The van der Waals surface area contributed by atoms with E-state index in [0.717, 1.165) is 38.4 Å². The molecule has 92 valence electrons. The number of piperazine rings is 1. The zero-order valence-electron chi connectivity index (χ0n) is 9.70. The maximum Gasteiger partial charge on any atom is 0.143 e. The van der Waals surface area contributed by atoms with Gasteiger partial charge in [-0.25, -0.2) is 4.39 Å². The zero-order chi connectivity index (χ0) is 12.3. The molecule has 1 aromatic rings. The average Bonchev–Trinajstić information content (AvgIpc) is 2.34. The Kier molecular flexibility index (Phi) is 4.02. The van der Waals surface area contributed by atoms with Crippen LogP contribution in [-0.2, 0) is 0 Å². The van der Waals surface area contributed by atoms with Crippen LogP contribution in [0.3, 0.4) is 0 Å². The normalized spacial score (nSPS) is 17.2. The predicted octanol–water partition coefficient (Wildman–Crippen LogP) is 2.79. The van der Waals surface area contributed by atoms with Crippen LogP contribution in [0.5, 0.6) is 0 Å². The number of nitrogens with zero attached hydrogens (tertiary/aromatic N) is 2. The highest BCUT2D eigenvalue weighted by molar-refractivity contribution is 6.33. The lowest BCUT2D eigenvalue weighted by Gasteiger charge is -2.36. The summed E-state index contributed by atoms with van der Waals surface area (Å²) < 4.78 is 13.3. The summed E-state index contributed by atoms with van der Waals surface area (Å²) in [4.78, 5) is 4.45. The number of hydrogen-bond acceptors (Lipinski definition) is 2. The molecule has 1 aliphatic heterocycles. The van der Waals surface area contributed by atoms with E-state index in [0.29, 0.717) is 0 Å². The van der Waals surface area contributed by atoms with Gasteiger partial charge in [-0.05, 0) is 12.1 Å². The van der Waals surface area contributed by atoms with E-state index in [1.807, 2.05) is 12.1 Å². The molecule has 2 rings (SSSR count). The van der Waals surface area contributed by atoms with E-state index in [-0.39, 0.29) is 10.8 Å². The number of benzene rings is 1. The van der Waals surface area contributed by atoms with Gasteiger partial charge in [-0.15, -0.1) is 6.58 Å². The molecule has 17 heavy (non-hydrogen) atoms. The number of hydrogen-bond donors (Lipinski definition) is 0. The third kappa shape index (κ3) is 2.79. The van der Waals surface area contributed by atoms with E-state index in [1.54, 1.807) is 6.07 Å². The van der Waals surface area contributed by atoms with E-state index in [4.69, 9.17) is 11.6 Å². The summed E-state index contributed by atoms with van der Waals surface area (Å²) in [5, 5.41) is 0.227. The molecule has 2 nitrogen and oxygen atoms in total. The lowest BCUT2D eigenvalue weighted by atomic mass is 10.2. The molecule has 1 aliphatic rings. The van der Waals surface area contributed by atoms with Crippen LogP contribution in [0.4, 0.5) is 10.1 Å². The zero-order valence-corrected chi connectivity index (χ0v) is 10.5. The van der Waals surface area contributed by atoms with Crippen molar-refractivity contribution < 1.29 is 4.39 Å². The van der Waals surface area contributed by atoms with Crippen molar-refractivity contribution in [2.75, 3.05) is 37.6 Å². The van der Waals surface area contributed by atoms with Gasteiger partial charge in [0.1, 0.15) is 5.82 Å². The summed E-state index contributed by atoms with van der Waals surface area (Å²) in [5.41, 5.74) is 0.796. The molecule has 1 saturated heterocycles. The maximum atomic E-state index is 13.3. The van der Waals surface area contributed by atoms with Crippen LogP contribution in [0.15, 0.2) is 30.9 Å². The third-order valence-electron chi connectivity index (χ3n) is 3.03. The summed E-state index contributed by atoms with van der Waals surface area (Å²) in [6, 6.07) is 4.96. The molecule has 1 fully saturated rings. The van der Waals surface area contributed by atoms with Gasteiger partial charge in [0, 0.05) is 32.7 Å². The standard InChI is InChI=1S/C13H16ClFN2/c1-2-6-16-7-9-17(10-8-16)12-5-3-4-11(15)13(12)14/h2-5H,1,6-10H2. The molecule has 0 aromatic heterocycles. The smallest absolute Gasteiger partial charge is 0.143 e. The van der Waals surface area contributed by atoms with Crippen molar-refractivity contribution >= 4 is 17.3 Å². The fourth-order valence-corrected chi connectivity index (χ4v) is 2.34. The van der Waals surface area contributed by atoms with Crippen molar-refractivity contribution in [3.05, 3.63) is 41.7 Å². The first-order valence-corrected chi connectivity index (χ1v) is 6.12. The summed E-state index contributed by atoms with van der Waals surface area (Å²) in [5.74, 6) is -0.349. The second-order valence-electron chi connectivity index (χ2n) is 4.15. The molecular weight excluding hydrogens is 239 g/mol. The molecule has 0 atom stereocenters. The predicted molar refractivity (Wildman–Crippen MR) is 70.3 cm³/mol. The Balaban J connectivity index is 2.05. The molecule has 0 amide bonds. The van der Waals surface area contributed by atoms with Crippen LogP contribution >= 0.6 is 11.6 Å². The average molecular weight is 255 g/mol. The Morgan fingerprint density at radius 3 is 2.65 bits per heavy atom. The minimum Gasteiger partial charge on any atom is -0.368 e. The molecule has 1 aromatic carbocycles. The van der Waals surface area contributed by atoms with Gasteiger partial charge in [-0.3, -0.25) is 4.90 Å². The molecule has 0 aliphatic carbocycles. The van der Waals surface area contributed by atoms with Crippen molar-refractivity contribution in [2.24, 2.45) is 0 Å². The van der Waals surface area contributed by atoms with Gasteiger partial charge < -0.3 is 4.90 Å². The van der Waals surface area contributed by atoms with Gasteiger partial charge in [-0.1, -0.05) is 23.7 Å². The van der Waals surface area contributed by atoms with Gasteiger partial charge in [0.2, 0.25) is 0 Å². The summed E-state index contributed by atoms with van der Waals surface area (Å²) in [6.07, 6.45) is 1.91. The van der Waals surface area contributed by atoms with Crippen LogP contribution in [0, 0.1) is 5.82 Å². The molecule has 0 bridgehead atoms. The van der Waals surface area contributed by atoms with E-state index >= 15 is 0 Å². The van der Waals surface area contributed by atoms with Crippen molar-refractivity contribution in [1.82, 2.24) is 4.90 Å². The van der Waals surface area contributed by atoms with Gasteiger partial charge in [-0.2, -0.15) is 0 Å². The van der Waals surface area contributed by atoms with Gasteiger partial charge in [0.05, 0.1) is 10.7 Å². The monoisotopic (exact) mass is 254 g/mol. The number of rotatable bonds is 3. The Morgan fingerprint density at radius 2 is 2.00 bits per heavy atom. The summed E-state index contributed by atoms with van der Waals surface area (Å²) in [6.45, 7) is 8.30. The first kappa shape index (κ1) is 12.4. The molecule has 0 spiro atoms. The van der Waals surface area contributed by atoms with Crippen molar-refractivity contribution in [3.63, 3.8) is 0 Å². The van der Waals surface area contributed by atoms with Crippen molar-refractivity contribution in [2.45, 2.75) is 0 Å². The molecule has 1 heterocycles. The third-order valence-corrected chi connectivity index (χ3v) is 3.41. The Hall–Kier alpha value is -1.06. The van der Waals surface area contributed by atoms with Crippen LogP contribution < -0.4 is 4.90 Å². The molecular formula is C13H16ClFN2. The van der Waals surface area contributed by atoms with Crippen LogP contribution in [0.2, 0.25) is 5.02 Å². The van der Waals surface area contributed by atoms with Gasteiger partial charge in [0.15, 0.2) is 0 Å². The van der Waals surface area contributed by atoms with Crippen LogP contribution in [0.1, 0.15) is 0 Å². The largest absolute Gasteiger partial charge is 0.368 e. The van der Waals surface area contributed by atoms with E-state index in [1.165, 1.54) is 6.07 Å². The van der Waals surface area contributed by atoms with E-state index in [2.05, 4.69) is 16.4 Å². The highest BCUT2D eigenvalue weighted by Gasteiger charge is 2.19. The molecule has 4 heteroatoms. The lowest BCUT2D eigenvalue weighted by Crippen LogP contribution is -2.46. The summed E-state index contributed by atoms with van der Waals surface area (Å²) in [7, 11) is 0.